The van der Waals surface area contributed by atoms with E-state index in [1.54, 1.807) is 11.0 Å². The summed E-state index contributed by atoms with van der Waals surface area (Å²) >= 11 is 0. The largest absolute Gasteiger partial charge is 0.307 e. The van der Waals surface area contributed by atoms with Crippen molar-refractivity contribution in [1.29, 1.82) is 0 Å². The van der Waals surface area contributed by atoms with Crippen LogP contribution < -0.4 is 10.2 Å². The van der Waals surface area contributed by atoms with Gasteiger partial charge in [-0.15, -0.1) is 0 Å². The number of amides is 1. The van der Waals surface area contributed by atoms with Gasteiger partial charge in [0.15, 0.2) is 0 Å². The molecule has 1 aromatic rings. The van der Waals surface area contributed by atoms with E-state index < -0.39 is 0 Å². The Morgan fingerprint density at radius 2 is 2.31 bits per heavy atom. The lowest BCUT2D eigenvalue weighted by molar-refractivity contribution is -0.119. The maximum atomic E-state index is 13.2. The van der Waals surface area contributed by atoms with Gasteiger partial charge in [-0.3, -0.25) is 4.79 Å². The zero-order valence-corrected chi connectivity index (χ0v) is 8.87. The minimum atomic E-state index is -0.272. The molecule has 1 aromatic carbocycles. The maximum absolute atomic E-state index is 13.2. The minimum absolute atomic E-state index is 0.0443. The molecular weight excluding hydrogens is 207 g/mol. The molecular formula is C12H13FN2O. The summed E-state index contributed by atoms with van der Waals surface area (Å²) in [6.45, 7) is 1.16. The highest BCUT2D eigenvalue weighted by Gasteiger charge is 2.33. The SMILES string of the molecule is O=C1CNCC2CCc3ccc(F)cc3N12. The molecule has 0 saturated carbocycles. The molecule has 84 valence electrons. The number of anilines is 1. The normalized spacial score (nSPS) is 23.9. The third-order valence-electron chi connectivity index (χ3n) is 3.34. The molecule has 1 unspecified atom stereocenters. The van der Waals surface area contributed by atoms with Crippen molar-refractivity contribution in [2.24, 2.45) is 0 Å². The van der Waals surface area contributed by atoms with E-state index in [1.165, 1.54) is 12.1 Å². The number of carbonyl (C=O) groups is 1. The summed E-state index contributed by atoms with van der Waals surface area (Å²) in [4.78, 5) is 13.6. The molecule has 0 aromatic heterocycles. The summed E-state index contributed by atoms with van der Waals surface area (Å²) in [7, 11) is 0. The van der Waals surface area contributed by atoms with Crippen LogP contribution in [-0.4, -0.2) is 25.0 Å². The van der Waals surface area contributed by atoms with E-state index in [-0.39, 0.29) is 17.8 Å². The Hall–Kier alpha value is -1.42. The van der Waals surface area contributed by atoms with Gasteiger partial charge in [0.05, 0.1) is 12.2 Å². The summed E-state index contributed by atoms with van der Waals surface area (Å²) in [6.07, 6.45) is 1.88. The highest BCUT2D eigenvalue weighted by Crippen LogP contribution is 2.32. The molecule has 1 saturated heterocycles. The topological polar surface area (TPSA) is 32.3 Å². The van der Waals surface area contributed by atoms with E-state index in [0.717, 1.165) is 30.6 Å². The fraction of sp³-hybridized carbons (Fsp3) is 0.417. The first kappa shape index (κ1) is 9.78. The number of piperazine rings is 1. The zero-order valence-electron chi connectivity index (χ0n) is 8.87. The second-order valence-corrected chi connectivity index (χ2v) is 4.36. The van der Waals surface area contributed by atoms with Gasteiger partial charge in [-0.25, -0.2) is 4.39 Å². The number of benzene rings is 1. The number of carbonyl (C=O) groups excluding carboxylic acids is 1. The molecule has 0 aliphatic carbocycles. The van der Waals surface area contributed by atoms with Gasteiger partial charge in [-0.1, -0.05) is 6.07 Å². The van der Waals surface area contributed by atoms with Gasteiger partial charge in [0.25, 0.3) is 0 Å². The van der Waals surface area contributed by atoms with Gasteiger partial charge in [0.1, 0.15) is 5.82 Å². The third kappa shape index (κ3) is 1.41. The number of halogens is 1. The molecule has 2 aliphatic heterocycles. The zero-order chi connectivity index (χ0) is 11.1. The highest BCUT2D eigenvalue weighted by molar-refractivity contribution is 5.97. The highest BCUT2D eigenvalue weighted by atomic mass is 19.1. The molecule has 0 bridgehead atoms. The van der Waals surface area contributed by atoms with Gasteiger partial charge in [-0.2, -0.15) is 0 Å². The minimum Gasteiger partial charge on any atom is -0.307 e. The molecule has 0 radical (unpaired) electrons. The number of rotatable bonds is 0. The van der Waals surface area contributed by atoms with Crippen molar-refractivity contribution in [3.63, 3.8) is 0 Å². The number of hydrogen-bond acceptors (Lipinski definition) is 2. The summed E-state index contributed by atoms with van der Waals surface area (Å²) in [5, 5.41) is 3.09. The Morgan fingerprint density at radius 1 is 1.44 bits per heavy atom. The Bertz CT molecular complexity index is 447. The van der Waals surface area contributed by atoms with Crippen molar-refractivity contribution in [2.75, 3.05) is 18.0 Å². The van der Waals surface area contributed by atoms with Crippen molar-refractivity contribution in [3.8, 4) is 0 Å². The smallest absolute Gasteiger partial charge is 0.241 e. The number of aryl methyl sites for hydroxylation is 1. The molecule has 0 spiro atoms. The predicted octanol–water partition coefficient (Wildman–Crippen LogP) is 1.08. The second-order valence-electron chi connectivity index (χ2n) is 4.36. The van der Waals surface area contributed by atoms with E-state index in [2.05, 4.69) is 5.32 Å². The first-order valence-electron chi connectivity index (χ1n) is 5.57. The first-order chi connectivity index (χ1) is 7.75. The third-order valence-corrected chi connectivity index (χ3v) is 3.34. The molecule has 3 rings (SSSR count). The molecule has 3 nitrogen and oxygen atoms in total. The van der Waals surface area contributed by atoms with Crippen LogP contribution in [0.25, 0.3) is 0 Å². The molecule has 16 heavy (non-hydrogen) atoms. The average molecular weight is 220 g/mol. The van der Waals surface area contributed by atoms with E-state index in [4.69, 9.17) is 0 Å². The molecule has 2 heterocycles. The van der Waals surface area contributed by atoms with Crippen molar-refractivity contribution in [1.82, 2.24) is 5.32 Å². The lowest BCUT2D eigenvalue weighted by atomic mass is 9.94. The summed E-state index contributed by atoms with van der Waals surface area (Å²) in [6, 6.07) is 4.92. The molecule has 4 heteroatoms. The van der Waals surface area contributed by atoms with Crippen LogP contribution >= 0.6 is 0 Å². The Morgan fingerprint density at radius 3 is 3.19 bits per heavy atom. The van der Waals surface area contributed by atoms with Crippen LogP contribution in [0.15, 0.2) is 18.2 Å². The van der Waals surface area contributed by atoms with E-state index >= 15 is 0 Å². The van der Waals surface area contributed by atoms with Crippen LogP contribution in [0.1, 0.15) is 12.0 Å². The van der Waals surface area contributed by atoms with Gasteiger partial charge in [-0.05, 0) is 30.5 Å². The number of nitrogens with one attached hydrogen (secondary N) is 1. The number of fused-ring (bicyclic) bond motifs is 3. The molecule has 1 amide bonds. The van der Waals surface area contributed by atoms with E-state index in [0.29, 0.717) is 6.54 Å². The Kier molecular flexibility index (Phi) is 2.17. The van der Waals surface area contributed by atoms with Gasteiger partial charge in [0.2, 0.25) is 5.91 Å². The average Bonchev–Trinajstić information content (AvgIpc) is 2.28. The van der Waals surface area contributed by atoms with Crippen molar-refractivity contribution in [3.05, 3.63) is 29.6 Å². The van der Waals surface area contributed by atoms with E-state index in [9.17, 15) is 9.18 Å². The maximum Gasteiger partial charge on any atom is 0.241 e. The van der Waals surface area contributed by atoms with Crippen LogP contribution in [0.2, 0.25) is 0 Å². The molecule has 1 atom stereocenters. The van der Waals surface area contributed by atoms with Gasteiger partial charge >= 0.3 is 0 Å². The standard InChI is InChI=1S/C12H13FN2O/c13-9-3-1-8-2-4-10-6-14-7-12(16)15(10)11(8)5-9/h1,3,5,10,14H,2,4,6-7H2. The second kappa shape index (κ2) is 3.56. The predicted molar refractivity (Wildman–Crippen MR) is 58.9 cm³/mol. The van der Waals surface area contributed by atoms with Crippen LogP contribution in [0.5, 0.6) is 0 Å². The van der Waals surface area contributed by atoms with Crippen LogP contribution in [-0.2, 0) is 11.2 Å². The first-order valence-corrected chi connectivity index (χ1v) is 5.57. The van der Waals surface area contributed by atoms with Crippen LogP contribution in [0.4, 0.5) is 10.1 Å². The summed E-state index contributed by atoms with van der Waals surface area (Å²) in [5.74, 6) is -0.228. The summed E-state index contributed by atoms with van der Waals surface area (Å²) < 4.78 is 13.2. The molecule has 1 N–H and O–H groups in total. The number of hydrogen-bond donors (Lipinski definition) is 1. The van der Waals surface area contributed by atoms with Crippen LogP contribution in [0.3, 0.4) is 0 Å². The van der Waals surface area contributed by atoms with Gasteiger partial charge in [0, 0.05) is 12.6 Å². The summed E-state index contributed by atoms with van der Waals surface area (Å²) in [5.41, 5.74) is 1.84. The monoisotopic (exact) mass is 220 g/mol. The quantitative estimate of drug-likeness (QED) is 0.709. The lowest BCUT2D eigenvalue weighted by Gasteiger charge is -2.40. The van der Waals surface area contributed by atoms with Gasteiger partial charge < -0.3 is 10.2 Å². The van der Waals surface area contributed by atoms with Crippen molar-refractivity contribution >= 4 is 11.6 Å². The van der Waals surface area contributed by atoms with E-state index in [1.807, 2.05) is 0 Å². The Labute approximate surface area is 93.2 Å². The Balaban J connectivity index is 2.08. The van der Waals surface area contributed by atoms with Crippen molar-refractivity contribution < 1.29 is 9.18 Å². The lowest BCUT2D eigenvalue weighted by Crippen LogP contribution is -2.56. The fourth-order valence-electron chi connectivity index (χ4n) is 2.58. The van der Waals surface area contributed by atoms with Crippen molar-refractivity contribution in [2.45, 2.75) is 18.9 Å². The molecule has 1 fully saturated rings. The van der Waals surface area contributed by atoms with Crippen LogP contribution in [0, 0.1) is 5.82 Å². The fourth-order valence-corrected chi connectivity index (χ4v) is 2.58. The molecule has 2 aliphatic rings. The number of nitrogens with zero attached hydrogens (tertiary/aromatic N) is 1.